The fourth-order valence-corrected chi connectivity index (χ4v) is 1.35. The highest BCUT2D eigenvalue weighted by Gasteiger charge is 2.03. The summed E-state index contributed by atoms with van der Waals surface area (Å²) >= 11 is 0. The number of halogens is 1. The highest BCUT2D eigenvalue weighted by molar-refractivity contribution is 5.57. The second-order valence-corrected chi connectivity index (χ2v) is 3.29. The van der Waals surface area contributed by atoms with E-state index >= 15 is 0 Å². The Hall–Kier alpha value is -2.28. The molecule has 0 atom stereocenters. The topological polar surface area (TPSA) is 49.0 Å². The summed E-state index contributed by atoms with van der Waals surface area (Å²) in [6.45, 7) is 0.539. The Kier molecular flexibility index (Phi) is 2.88. The van der Waals surface area contributed by atoms with E-state index < -0.39 is 5.82 Å². The van der Waals surface area contributed by atoms with E-state index in [1.165, 1.54) is 12.1 Å². The first-order valence-corrected chi connectivity index (χ1v) is 4.74. The Morgan fingerprint density at radius 1 is 1.38 bits per heavy atom. The minimum atomic E-state index is -0.412. The van der Waals surface area contributed by atoms with Crippen molar-refractivity contribution in [2.75, 3.05) is 5.32 Å². The Balaban J connectivity index is 2.13. The predicted molar refractivity (Wildman–Crippen MR) is 57.1 cm³/mol. The molecule has 1 aromatic carbocycles. The van der Waals surface area contributed by atoms with E-state index in [4.69, 9.17) is 9.68 Å². The van der Waals surface area contributed by atoms with E-state index in [1.54, 1.807) is 18.6 Å². The number of nitrogens with zero attached hydrogens (tertiary/aromatic N) is 1. The van der Waals surface area contributed by atoms with Crippen LogP contribution >= 0.6 is 0 Å². The number of hydrogen-bond acceptors (Lipinski definition) is 3. The number of anilines is 1. The van der Waals surface area contributed by atoms with Crippen LogP contribution in [0.4, 0.5) is 10.1 Å². The lowest BCUT2D eigenvalue weighted by Crippen LogP contribution is -2.00. The van der Waals surface area contributed by atoms with E-state index in [0.29, 0.717) is 17.8 Å². The van der Waals surface area contributed by atoms with E-state index in [-0.39, 0.29) is 0 Å². The summed E-state index contributed by atoms with van der Waals surface area (Å²) in [6, 6.07) is 7.84. The second-order valence-electron chi connectivity index (χ2n) is 3.29. The molecule has 3 nitrogen and oxygen atoms in total. The molecular formula is C12H9FN2O. The fraction of sp³-hybridized carbons (Fsp3) is 0.0833. The van der Waals surface area contributed by atoms with Gasteiger partial charge in [-0.3, -0.25) is 0 Å². The molecule has 0 saturated heterocycles. The molecule has 16 heavy (non-hydrogen) atoms. The van der Waals surface area contributed by atoms with Crippen molar-refractivity contribution < 1.29 is 8.81 Å². The van der Waals surface area contributed by atoms with Crippen molar-refractivity contribution in [2.45, 2.75) is 6.54 Å². The van der Waals surface area contributed by atoms with Crippen molar-refractivity contribution in [2.24, 2.45) is 0 Å². The number of nitrogens with one attached hydrogen (secondary N) is 1. The zero-order chi connectivity index (χ0) is 11.4. The summed E-state index contributed by atoms with van der Waals surface area (Å²) in [7, 11) is 0. The average molecular weight is 216 g/mol. The second kappa shape index (κ2) is 4.49. The summed E-state index contributed by atoms with van der Waals surface area (Å²) in [5.41, 5.74) is 1.88. The number of rotatable bonds is 3. The van der Waals surface area contributed by atoms with Crippen LogP contribution < -0.4 is 5.32 Å². The maximum Gasteiger partial charge on any atom is 0.124 e. The molecular weight excluding hydrogens is 207 g/mol. The van der Waals surface area contributed by atoms with Crippen LogP contribution in [0, 0.1) is 17.1 Å². The predicted octanol–water partition coefficient (Wildman–Crippen LogP) is 2.90. The molecule has 0 saturated carbocycles. The minimum Gasteiger partial charge on any atom is -0.472 e. The molecule has 0 aliphatic carbocycles. The zero-order valence-electron chi connectivity index (χ0n) is 8.40. The van der Waals surface area contributed by atoms with Crippen molar-refractivity contribution in [3.05, 3.63) is 53.7 Å². The van der Waals surface area contributed by atoms with Gasteiger partial charge < -0.3 is 9.73 Å². The molecule has 0 radical (unpaired) electrons. The summed E-state index contributed by atoms with van der Waals surface area (Å²) in [6.07, 6.45) is 3.19. The maximum absolute atomic E-state index is 12.9. The molecule has 0 spiro atoms. The van der Waals surface area contributed by atoms with Crippen molar-refractivity contribution in [3.8, 4) is 6.07 Å². The van der Waals surface area contributed by atoms with Gasteiger partial charge in [-0.25, -0.2) is 4.39 Å². The largest absolute Gasteiger partial charge is 0.472 e. The molecule has 1 aromatic heterocycles. The third kappa shape index (κ3) is 2.20. The third-order valence-corrected chi connectivity index (χ3v) is 2.17. The van der Waals surface area contributed by atoms with E-state index in [1.807, 2.05) is 12.1 Å². The van der Waals surface area contributed by atoms with Crippen molar-refractivity contribution >= 4 is 5.69 Å². The number of hydrogen-bond donors (Lipinski definition) is 1. The van der Waals surface area contributed by atoms with Crippen LogP contribution in [0.2, 0.25) is 0 Å². The van der Waals surface area contributed by atoms with E-state index in [9.17, 15) is 4.39 Å². The first-order valence-electron chi connectivity index (χ1n) is 4.74. The molecule has 2 aromatic rings. The first kappa shape index (κ1) is 10.2. The van der Waals surface area contributed by atoms with Gasteiger partial charge in [0.05, 0.1) is 23.8 Å². The Bertz CT molecular complexity index is 514. The first-order chi connectivity index (χ1) is 7.79. The summed E-state index contributed by atoms with van der Waals surface area (Å²) in [5, 5.41) is 11.9. The van der Waals surface area contributed by atoms with Crippen LogP contribution in [-0.4, -0.2) is 0 Å². The summed E-state index contributed by atoms with van der Waals surface area (Å²) in [5.74, 6) is -0.412. The number of nitriles is 1. The molecule has 0 fully saturated rings. The lowest BCUT2D eigenvalue weighted by Gasteiger charge is -2.06. The molecule has 0 aliphatic heterocycles. The lowest BCUT2D eigenvalue weighted by molar-refractivity contribution is 0.564. The van der Waals surface area contributed by atoms with Crippen molar-refractivity contribution in [3.63, 3.8) is 0 Å². The van der Waals surface area contributed by atoms with Crippen LogP contribution in [-0.2, 0) is 6.54 Å². The van der Waals surface area contributed by atoms with Crippen LogP contribution in [0.15, 0.2) is 41.2 Å². The Morgan fingerprint density at radius 2 is 2.25 bits per heavy atom. The molecule has 1 N–H and O–H groups in total. The molecule has 0 bridgehead atoms. The molecule has 0 unspecified atom stereocenters. The van der Waals surface area contributed by atoms with Crippen LogP contribution in [0.5, 0.6) is 0 Å². The van der Waals surface area contributed by atoms with Gasteiger partial charge in [0, 0.05) is 12.1 Å². The summed E-state index contributed by atoms with van der Waals surface area (Å²) < 4.78 is 17.8. The minimum absolute atomic E-state index is 0.295. The van der Waals surface area contributed by atoms with Crippen molar-refractivity contribution in [1.29, 1.82) is 5.26 Å². The monoisotopic (exact) mass is 216 g/mol. The van der Waals surface area contributed by atoms with Gasteiger partial charge in [0.15, 0.2) is 0 Å². The van der Waals surface area contributed by atoms with Gasteiger partial charge >= 0.3 is 0 Å². The Morgan fingerprint density at radius 3 is 2.94 bits per heavy atom. The number of furan rings is 1. The van der Waals surface area contributed by atoms with Gasteiger partial charge in [-0.2, -0.15) is 5.26 Å². The van der Waals surface area contributed by atoms with Crippen molar-refractivity contribution in [1.82, 2.24) is 0 Å². The highest BCUT2D eigenvalue weighted by Crippen LogP contribution is 2.17. The lowest BCUT2D eigenvalue weighted by atomic mass is 10.2. The van der Waals surface area contributed by atoms with Gasteiger partial charge in [-0.05, 0) is 24.3 Å². The quantitative estimate of drug-likeness (QED) is 0.858. The number of benzene rings is 1. The normalized spacial score (nSPS) is 9.75. The van der Waals surface area contributed by atoms with Crippen LogP contribution in [0.25, 0.3) is 0 Å². The third-order valence-electron chi connectivity index (χ3n) is 2.17. The molecule has 4 heteroatoms. The zero-order valence-corrected chi connectivity index (χ0v) is 8.40. The smallest absolute Gasteiger partial charge is 0.124 e. The summed E-state index contributed by atoms with van der Waals surface area (Å²) in [4.78, 5) is 0. The molecule has 1 heterocycles. The molecule has 80 valence electrons. The molecule has 0 aliphatic rings. The average Bonchev–Trinajstić information content (AvgIpc) is 2.80. The van der Waals surface area contributed by atoms with Gasteiger partial charge in [0.25, 0.3) is 0 Å². The van der Waals surface area contributed by atoms with Gasteiger partial charge in [0.1, 0.15) is 11.9 Å². The van der Waals surface area contributed by atoms with Crippen LogP contribution in [0.1, 0.15) is 11.1 Å². The molecule has 2 rings (SSSR count). The Labute approximate surface area is 92.1 Å². The molecule has 0 amide bonds. The maximum atomic E-state index is 12.9. The van der Waals surface area contributed by atoms with Gasteiger partial charge in [0.2, 0.25) is 0 Å². The van der Waals surface area contributed by atoms with Gasteiger partial charge in [-0.1, -0.05) is 0 Å². The van der Waals surface area contributed by atoms with E-state index in [0.717, 1.165) is 5.56 Å². The standard InChI is InChI=1S/C12H9FN2O/c13-11-1-2-12(10(5-11)6-14)15-7-9-3-4-16-8-9/h1-5,8,15H,7H2. The fourth-order valence-electron chi connectivity index (χ4n) is 1.35. The van der Waals surface area contributed by atoms with E-state index in [2.05, 4.69) is 5.32 Å². The van der Waals surface area contributed by atoms with Gasteiger partial charge in [-0.15, -0.1) is 0 Å². The SMILES string of the molecule is N#Cc1cc(F)ccc1NCc1ccoc1. The highest BCUT2D eigenvalue weighted by atomic mass is 19.1. The van der Waals surface area contributed by atoms with Crippen LogP contribution in [0.3, 0.4) is 0 Å².